The summed E-state index contributed by atoms with van der Waals surface area (Å²) in [5.41, 5.74) is 0. The van der Waals surface area contributed by atoms with E-state index in [1.807, 2.05) is 7.05 Å². The van der Waals surface area contributed by atoms with Crippen LogP contribution in [0.5, 0.6) is 0 Å². The largest absolute Gasteiger partial charge is 0.326 e. The quantitative estimate of drug-likeness (QED) is 0.667. The molecule has 0 aromatic carbocycles. The summed E-state index contributed by atoms with van der Waals surface area (Å²) in [5.74, 6) is -0.0837. The van der Waals surface area contributed by atoms with E-state index in [4.69, 9.17) is 0 Å². The van der Waals surface area contributed by atoms with Crippen molar-refractivity contribution in [1.29, 1.82) is 0 Å². The standard InChI is InChI=1S/C10H19N3O2/c1-8(11-2)5-4-6-13-9(14)7-12(3)10(13)15/h8,11H,4-7H2,1-3H3. The summed E-state index contributed by atoms with van der Waals surface area (Å²) >= 11 is 0. The van der Waals surface area contributed by atoms with Crippen LogP contribution in [0.25, 0.3) is 0 Å². The van der Waals surface area contributed by atoms with Gasteiger partial charge in [-0.15, -0.1) is 0 Å². The second kappa shape index (κ2) is 5.11. The Morgan fingerprint density at radius 1 is 1.47 bits per heavy atom. The number of imide groups is 1. The molecule has 1 fully saturated rings. The monoisotopic (exact) mass is 213 g/mol. The van der Waals surface area contributed by atoms with Gasteiger partial charge >= 0.3 is 6.03 Å². The van der Waals surface area contributed by atoms with Crippen molar-refractivity contribution in [3.63, 3.8) is 0 Å². The van der Waals surface area contributed by atoms with Crippen LogP contribution in [0.15, 0.2) is 0 Å². The van der Waals surface area contributed by atoms with Crippen molar-refractivity contribution < 1.29 is 9.59 Å². The van der Waals surface area contributed by atoms with Gasteiger partial charge in [0.2, 0.25) is 5.91 Å². The predicted octanol–water partition coefficient (Wildman–Crippen LogP) is 0.269. The number of nitrogens with one attached hydrogen (secondary N) is 1. The fourth-order valence-corrected chi connectivity index (χ4v) is 1.59. The summed E-state index contributed by atoms with van der Waals surface area (Å²) < 4.78 is 0. The van der Waals surface area contributed by atoms with Crippen LogP contribution in [0.3, 0.4) is 0 Å². The summed E-state index contributed by atoms with van der Waals surface area (Å²) in [6.45, 7) is 2.84. The molecule has 5 nitrogen and oxygen atoms in total. The first-order valence-electron chi connectivity index (χ1n) is 5.29. The molecule has 3 amide bonds. The number of nitrogens with zero attached hydrogens (tertiary/aromatic N) is 2. The number of likely N-dealkylation sites (N-methyl/N-ethyl adjacent to an activating group) is 1. The molecule has 0 saturated carbocycles. The zero-order valence-corrected chi connectivity index (χ0v) is 9.62. The van der Waals surface area contributed by atoms with Gasteiger partial charge in [0.05, 0.1) is 0 Å². The molecular weight excluding hydrogens is 194 g/mol. The van der Waals surface area contributed by atoms with Gasteiger partial charge in [0, 0.05) is 19.6 Å². The molecule has 15 heavy (non-hydrogen) atoms. The number of amides is 3. The molecule has 0 spiro atoms. The van der Waals surface area contributed by atoms with Crippen LogP contribution < -0.4 is 5.32 Å². The third kappa shape index (κ3) is 2.92. The molecule has 1 aliphatic rings. The molecule has 5 heteroatoms. The minimum Gasteiger partial charge on any atom is -0.318 e. The molecule has 0 aliphatic carbocycles. The van der Waals surface area contributed by atoms with E-state index in [1.54, 1.807) is 7.05 Å². The predicted molar refractivity (Wildman–Crippen MR) is 57.5 cm³/mol. The minimum atomic E-state index is -0.169. The Hall–Kier alpha value is -1.10. The lowest BCUT2D eigenvalue weighted by molar-refractivity contribution is -0.125. The van der Waals surface area contributed by atoms with Crippen molar-refractivity contribution in [2.75, 3.05) is 27.2 Å². The van der Waals surface area contributed by atoms with Crippen molar-refractivity contribution in [3.8, 4) is 0 Å². The van der Waals surface area contributed by atoms with Crippen LogP contribution in [0.1, 0.15) is 19.8 Å². The average molecular weight is 213 g/mol. The average Bonchev–Trinajstić information content (AvgIpc) is 2.44. The van der Waals surface area contributed by atoms with E-state index in [9.17, 15) is 9.59 Å². The molecule has 0 bridgehead atoms. The van der Waals surface area contributed by atoms with Crippen molar-refractivity contribution >= 4 is 11.9 Å². The van der Waals surface area contributed by atoms with Crippen LogP contribution in [0.4, 0.5) is 4.79 Å². The van der Waals surface area contributed by atoms with Crippen molar-refractivity contribution in [2.24, 2.45) is 0 Å². The van der Waals surface area contributed by atoms with Crippen molar-refractivity contribution in [3.05, 3.63) is 0 Å². The number of hydrogen-bond donors (Lipinski definition) is 1. The molecule has 86 valence electrons. The summed E-state index contributed by atoms with van der Waals surface area (Å²) in [7, 11) is 3.56. The lowest BCUT2D eigenvalue weighted by Crippen LogP contribution is -2.33. The molecule has 1 unspecified atom stereocenters. The first-order valence-corrected chi connectivity index (χ1v) is 5.29. The van der Waals surface area contributed by atoms with Gasteiger partial charge in [-0.1, -0.05) is 0 Å². The van der Waals surface area contributed by atoms with Crippen molar-refractivity contribution in [1.82, 2.24) is 15.1 Å². The van der Waals surface area contributed by atoms with Gasteiger partial charge in [-0.2, -0.15) is 0 Å². The minimum absolute atomic E-state index is 0.0837. The zero-order valence-electron chi connectivity index (χ0n) is 9.62. The van der Waals surface area contributed by atoms with E-state index < -0.39 is 0 Å². The molecule has 1 rings (SSSR count). The maximum absolute atomic E-state index is 11.5. The van der Waals surface area contributed by atoms with Gasteiger partial charge in [0.25, 0.3) is 0 Å². The Balaban J connectivity index is 2.32. The van der Waals surface area contributed by atoms with Gasteiger partial charge < -0.3 is 10.2 Å². The highest BCUT2D eigenvalue weighted by atomic mass is 16.2. The second-order valence-corrected chi connectivity index (χ2v) is 4.02. The smallest absolute Gasteiger partial charge is 0.318 e. The zero-order chi connectivity index (χ0) is 11.4. The lowest BCUT2D eigenvalue weighted by atomic mass is 10.2. The topological polar surface area (TPSA) is 52.7 Å². The Morgan fingerprint density at radius 2 is 2.13 bits per heavy atom. The highest BCUT2D eigenvalue weighted by Gasteiger charge is 2.32. The molecule has 1 saturated heterocycles. The maximum Gasteiger partial charge on any atom is 0.326 e. The van der Waals surface area contributed by atoms with Crippen LogP contribution in [-0.4, -0.2) is 55.0 Å². The van der Waals surface area contributed by atoms with Gasteiger partial charge in [-0.25, -0.2) is 4.79 Å². The van der Waals surface area contributed by atoms with Crippen LogP contribution in [0, 0.1) is 0 Å². The highest BCUT2D eigenvalue weighted by Crippen LogP contribution is 2.09. The van der Waals surface area contributed by atoms with E-state index in [1.165, 1.54) is 9.80 Å². The lowest BCUT2D eigenvalue weighted by Gasteiger charge is -2.15. The molecule has 1 N–H and O–H groups in total. The Bertz CT molecular complexity index is 255. The highest BCUT2D eigenvalue weighted by molar-refractivity contribution is 6.01. The number of rotatable bonds is 5. The summed E-state index contributed by atoms with van der Waals surface area (Å²) in [5, 5.41) is 3.12. The van der Waals surface area contributed by atoms with Crippen LogP contribution >= 0.6 is 0 Å². The molecule has 1 aliphatic heterocycles. The van der Waals surface area contributed by atoms with E-state index in [0.717, 1.165) is 12.8 Å². The van der Waals surface area contributed by atoms with E-state index in [0.29, 0.717) is 12.6 Å². The number of carbonyl (C=O) groups excluding carboxylic acids is 2. The summed E-state index contributed by atoms with van der Waals surface area (Å²) in [4.78, 5) is 25.6. The molecule has 0 aromatic rings. The first kappa shape index (κ1) is 12.0. The Kier molecular flexibility index (Phi) is 4.08. The maximum atomic E-state index is 11.5. The van der Waals surface area contributed by atoms with E-state index in [2.05, 4.69) is 12.2 Å². The van der Waals surface area contributed by atoms with Gasteiger partial charge in [-0.05, 0) is 26.8 Å². The number of urea groups is 1. The van der Waals surface area contributed by atoms with Gasteiger partial charge in [0.1, 0.15) is 6.54 Å². The summed E-state index contributed by atoms with van der Waals surface area (Å²) in [6, 6.07) is 0.257. The van der Waals surface area contributed by atoms with E-state index in [-0.39, 0.29) is 18.5 Å². The fraction of sp³-hybridized carbons (Fsp3) is 0.800. The number of hydrogen-bond acceptors (Lipinski definition) is 3. The molecule has 1 atom stereocenters. The number of carbonyl (C=O) groups is 2. The second-order valence-electron chi connectivity index (χ2n) is 4.02. The molecule has 1 heterocycles. The van der Waals surface area contributed by atoms with E-state index >= 15 is 0 Å². The summed E-state index contributed by atoms with van der Waals surface area (Å²) in [6.07, 6.45) is 1.82. The SMILES string of the molecule is CNC(C)CCCN1C(=O)CN(C)C1=O. The first-order chi connectivity index (χ1) is 7.06. The third-order valence-corrected chi connectivity index (χ3v) is 2.74. The normalized spacial score (nSPS) is 18.9. The fourth-order valence-electron chi connectivity index (χ4n) is 1.59. The van der Waals surface area contributed by atoms with Gasteiger partial charge in [-0.3, -0.25) is 9.69 Å². The molecule has 0 aromatic heterocycles. The molecular formula is C10H19N3O2. The van der Waals surface area contributed by atoms with Crippen molar-refractivity contribution in [2.45, 2.75) is 25.8 Å². The molecule has 0 radical (unpaired) electrons. The van der Waals surface area contributed by atoms with Crippen LogP contribution in [-0.2, 0) is 4.79 Å². The van der Waals surface area contributed by atoms with Crippen LogP contribution in [0.2, 0.25) is 0 Å². The van der Waals surface area contributed by atoms with Gasteiger partial charge in [0.15, 0.2) is 0 Å². The Labute approximate surface area is 90.4 Å². The Morgan fingerprint density at radius 3 is 2.60 bits per heavy atom. The third-order valence-electron chi connectivity index (χ3n) is 2.74.